The second-order valence-electron chi connectivity index (χ2n) is 23.2. The third kappa shape index (κ3) is 23.9. The van der Waals surface area contributed by atoms with Crippen LogP contribution >= 0.6 is 0 Å². The number of hydrogen-bond acceptors (Lipinski definition) is 15. The SMILES string of the molecule is C.CCOC(=O)C(C)C(C)=O.CCOC(=O)c1[nH]c2cc(C(F)(F)F)c(OC)cc2c1C.COc1cc2c(C)c(C(=O)O)[nH]c2cc1C(F)(F)F.COc1cc2c(C)c[nH]c2cc1C(F)(F)F.COc1cc2c(C)cn(C)c2cc1C(F)(F)F.COc1ccc(N)cc1C(F)(F)F.COc1ccc([N+](=O)[O-])cc1C(F)(F)F. The van der Waals surface area contributed by atoms with Crippen LogP contribution in [-0.2, 0) is 63.2 Å². The maximum absolute atomic E-state index is 13.0. The van der Waals surface area contributed by atoms with E-state index in [9.17, 15) is 108 Å². The lowest BCUT2D eigenvalue weighted by atomic mass is 10.1. The smallest absolute Gasteiger partial charge is 0.420 e. The van der Waals surface area contributed by atoms with Crippen molar-refractivity contribution < 1.29 is 146 Å². The van der Waals surface area contributed by atoms with Crippen LogP contribution in [0.1, 0.15) is 112 Å². The lowest BCUT2D eigenvalue weighted by Crippen LogP contribution is -2.20. The fourth-order valence-corrected chi connectivity index (χ4v) is 10.2. The zero-order valence-electron chi connectivity index (χ0n) is 61.2. The summed E-state index contributed by atoms with van der Waals surface area (Å²) in [6, 6.07) is 15.0. The number of nitrogens with zero attached hydrogens (tertiary/aromatic N) is 2. The monoisotopic (exact) mass is 1620 g/mol. The molecule has 1 unspecified atom stereocenters. The van der Waals surface area contributed by atoms with E-state index in [0.29, 0.717) is 45.6 Å². The lowest BCUT2D eigenvalue weighted by molar-refractivity contribution is -0.385. The number of aromatic nitrogens is 4. The van der Waals surface area contributed by atoms with Crippen molar-refractivity contribution in [1.82, 2.24) is 19.5 Å². The maximum atomic E-state index is 13.0. The molecule has 0 saturated carbocycles. The van der Waals surface area contributed by atoms with Crippen molar-refractivity contribution in [3.8, 4) is 34.5 Å². The van der Waals surface area contributed by atoms with Crippen molar-refractivity contribution in [3.05, 3.63) is 174 Å². The molecule has 6 aromatic carbocycles. The summed E-state index contributed by atoms with van der Waals surface area (Å²) in [6.45, 7) is 13.6. The molecule has 0 aliphatic rings. The summed E-state index contributed by atoms with van der Waals surface area (Å²) in [4.78, 5) is 61.3. The summed E-state index contributed by atoms with van der Waals surface area (Å²) in [7, 11) is 8.76. The van der Waals surface area contributed by atoms with Crippen molar-refractivity contribution in [2.45, 2.75) is 99.9 Å². The van der Waals surface area contributed by atoms with E-state index in [2.05, 4.69) is 29.2 Å². The molecular weight excluding hydrogens is 1540 g/mol. The van der Waals surface area contributed by atoms with Gasteiger partial charge in [0.2, 0.25) is 0 Å². The number of Topliss-reactive ketones (excluding diaryl/α,β-unsaturated/α-hetero) is 1. The zero-order valence-corrected chi connectivity index (χ0v) is 61.2. The number of carbonyl (C=O) groups is 4. The highest BCUT2D eigenvalue weighted by Crippen LogP contribution is 2.45. The first-order valence-corrected chi connectivity index (χ1v) is 31.7. The molecule has 4 aromatic heterocycles. The number of aromatic amines is 3. The number of anilines is 1. The number of esters is 2. The van der Waals surface area contributed by atoms with Gasteiger partial charge in [-0.3, -0.25) is 19.7 Å². The van der Waals surface area contributed by atoms with Crippen LogP contribution in [0.15, 0.2) is 97.3 Å². The van der Waals surface area contributed by atoms with Gasteiger partial charge in [0.15, 0.2) is 0 Å². The third-order valence-electron chi connectivity index (χ3n) is 15.9. The highest BCUT2D eigenvalue weighted by Gasteiger charge is 2.40. The molecule has 10 aromatic rings. The van der Waals surface area contributed by atoms with Gasteiger partial charge in [0.1, 0.15) is 63.1 Å². The standard InChI is InChI=1S/C14H14F3NO3.C12H10F3NO3.C12H12F3NO.C11H10F3NO.C8H6F3NO3.C8H8F3NO.C7H12O3.CH4/c1-4-21-13(19)12-7(2)8-5-11(20-3)9(14(15,16)17)6-10(8)18-12;1-5-6-3-9(19-2)7(12(13,14)15)4-8(6)16-10(5)11(17)18;1-7-6-16(2)10-5-9(12(13,14)15)11(17-3)4-8(7)10;1-6-5-15-9-4-8(11(12,13)14)10(16-2)3-7(6)9;1-15-7-3-2-5(12(13)14)4-6(7)8(9,10)11;1-13-7-3-2-5(12)4-6(7)8(9,10)11;1-4-10-7(9)5(2)6(3)8;/h5-6,18H,4H2,1-3H3;3-4,16H,1-2H3,(H,17,18);4-6H,1-3H3;3-5,15H,1-2H3;2-4H,1H3;2-4H,12H2,1H3;5H,4H2,1-3H3;1H4. The van der Waals surface area contributed by atoms with Crippen LogP contribution in [0.4, 0.5) is 90.4 Å². The van der Waals surface area contributed by atoms with Gasteiger partial charge in [-0.15, -0.1) is 0 Å². The van der Waals surface area contributed by atoms with E-state index in [4.69, 9.17) is 34.5 Å². The number of halogens is 18. The number of rotatable bonds is 13. The lowest BCUT2D eigenvalue weighted by Gasteiger charge is -2.12. The van der Waals surface area contributed by atoms with Crippen molar-refractivity contribution in [2.75, 3.05) is 61.6 Å². The molecule has 1 atom stereocenters. The first-order valence-electron chi connectivity index (χ1n) is 31.7. The molecule has 0 aliphatic carbocycles. The van der Waals surface area contributed by atoms with Crippen molar-refractivity contribution >= 4 is 78.7 Å². The van der Waals surface area contributed by atoms with E-state index in [1.165, 1.54) is 78.7 Å². The number of carboxylic acids is 1. The number of H-pyrrole nitrogens is 3. The Hall–Kier alpha value is -11.7. The number of nitrogens with two attached hydrogens (primary N) is 1. The van der Waals surface area contributed by atoms with E-state index < -0.39 is 111 Å². The number of nitro groups is 1. The molecular formula is C73H76F18N6O15. The summed E-state index contributed by atoms with van der Waals surface area (Å²) in [5.41, 5.74) is 3.39. The van der Waals surface area contributed by atoms with Gasteiger partial charge in [-0.25, -0.2) is 9.59 Å². The number of non-ortho nitro benzene ring substituents is 1. The van der Waals surface area contributed by atoms with E-state index in [0.717, 1.165) is 78.6 Å². The van der Waals surface area contributed by atoms with Crippen molar-refractivity contribution in [2.24, 2.45) is 13.0 Å². The number of nitrogen functional groups attached to an aromatic ring is 1. The van der Waals surface area contributed by atoms with E-state index >= 15 is 0 Å². The average molecular weight is 1620 g/mol. The Kier molecular flexibility index (Phi) is 32.3. The molecule has 0 radical (unpaired) electrons. The average Bonchev–Trinajstić information content (AvgIpc) is 1.63. The summed E-state index contributed by atoms with van der Waals surface area (Å²) in [6.07, 6.45) is -23.5. The Labute approximate surface area is 625 Å². The summed E-state index contributed by atoms with van der Waals surface area (Å²) in [5.74, 6) is -4.59. The van der Waals surface area contributed by atoms with Gasteiger partial charge in [0.25, 0.3) is 5.69 Å². The fraction of sp³-hybridized carbons (Fsp3) is 0.342. The van der Waals surface area contributed by atoms with Gasteiger partial charge in [-0.1, -0.05) is 7.43 Å². The maximum Gasteiger partial charge on any atom is 0.420 e. The number of aromatic carboxylic acids is 1. The number of benzene rings is 6. The second kappa shape index (κ2) is 38.3. The van der Waals surface area contributed by atoms with Gasteiger partial charge < -0.3 is 68.3 Å². The van der Waals surface area contributed by atoms with E-state index in [1.54, 1.807) is 51.7 Å². The minimum Gasteiger partial charge on any atom is -0.496 e. The quantitative estimate of drug-likeness (QED) is 0.0179. The first-order chi connectivity index (χ1) is 51.2. The minimum atomic E-state index is -4.67. The molecule has 0 fully saturated rings. The number of methoxy groups -OCH3 is 6. The Balaban J connectivity index is 0.000000341. The molecule has 112 heavy (non-hydrogen) atoms. The Morgan fingerprint density at radius 3 is 1.24 bits per heavy atom. The second-order valence-corrected chi connectivity index (χ2v) is 23.2. The van der Waals surface area contributed by atoms with Crippen LogP contribution < -0.4 is 34.2 Å². The van der Waals surface area contributed by atoms with Crippen molar-refractivity contribution in [1.29, 1.82) is 0 Å². The Morgan fingerprint density at radius 1 is 0.500 bits per heavy atom. The van der Waals surface area contributed by atoms with Crippen LogP contribution in [0.2, 0.25) is 0 Å². The zero-order chi connectivity index (χ0) is 84.7. The van der Waals surface area contributed by atoms with Crippen LogP contribution in [-0.4, -0.2) is 109 Å². The largest absolute Gasteiger partial charge is 0.496 e. The summed E-state index contributed by atoms with van der Waals surface area (Å²) < 4.78 is 267. The number of carbonyl (C=O) groups excluding carboxylic acids is 3. The molecule has 0 bridgehead atoms. The first kappa shape index (κ1) is 94.5. The van der Waals surface area contributed by atoms with Crippen molar-refractivity contribution in [3.63, 3.8) is 0 Å². The number of carboxylic acid groups (broad SMARTS) is 1. The van der Waals surface area contributed by atoms with E-state index in [1.807, 2.05) is 13.8 Å². The summed E-state index contributed by atoms with van der Waals surface area (Å²) >= 11 is 0. The predicted octanol–water partition coefficient (Wildman–Crippen LogP) is 20.2. The number of nitrogens with one attached hydrogen (secondary N) is 3. The molecule has 0 saturated heterocycles. The number of ketones is 1. The number of fused-ring (bicyclic) bond motifs is 4. The normalized spacial score (nSPS) is 11.7. The van der Waals surface area contributed by atoms with Gasteiger partial charge in [-0.05, 0) is 150 Å². The van der Waals surface area contributed by atoms with E-state index in [-0.39, 0.29) is 76.7 Å². The molecule has 0 spiro atoms. The third-order valence-corrected chi connectivity index (χ3v) is 15.9. The Morgan fingerprint density at radius 2 is 0.857 bits per heavy atom. The molecule has 21 nitrogen and oxygen atoms in total. The van der Waals surface area contributed by atoms with Gasteiger partial charge >= 0.3 is 55.0 Å². The van der Waals surface area contributed by atoms with Crippen LogP contribution in [0.25, 0.3) is 43.6 Å². The molecule has 614 valence electrons. The molecule has 0 aliphatic heterocycles. The molecule has 6 N–H and O–H groups in total. The van der Waals surface area contributed by atoms with Gasteiger partial charge in [0.05, 0.1) is 88.6 Å². The fourth-order valence-electron chi connectivity index (χ4n) is 10.2. The number of aryl methyl sites for hydroxylation is 5. The topological polar surface area (TPSA) is 284 Å². The number of nitro benzene ring substituents is 1. The number of ether oxygens (including phenoxy) is 8. The van der Waals surface area contributed by atoms with Gasteiger partial charge in [-0.2, -0.15) is 79.0 Å². The van der Waals surface area contributed by atoms with Crippen LogP contribution in [0.3, 0.4) is 0 Å². The summed E-state index contributed by atoms with van der Waals surface area (Å²) in [5, 5.41) is 21.6. The Bertz CT molecular complexity index is 4950. The minimum absolute atomic E-state index is 0. The molecule has 39 heteroatoms. The van der Waals surface area contributed by atoms with Crippen LogP contribution in [0, 0.1) is 43.7 Å². The molecule has 10 rings (SSSR count). The molecule has 4 heterocycles. The highest BCUT2D eigenvalue weighted by atomic mass is 19.4. The van der Waals surface area contributed by atoms with Crippen LogP contribution in [0.5, 0.6) is 34.5 Å². The van der Waals surface area contributed by atoms with Gasteiger partial charge in [0, 0.05) is 80.9 Å². The number of hydrogen-bond donors (Lipinski definition) is 5. The predicted molar refractivity (Wildman–Crippen MR) is 376 cm³/mol. The highest BCUT2D eigenvalue weighted by molar-refractivity contribution is 6.00. The number of alkyl halides is 18. The molecule has 0 amide bonds.